The van der Waals surface area contributed by atoms with Gasteiger partial charge in [-0.05, 0) is 54.4 Å². The van der Waals surface area contributed by atoms with E-state index in [0.29, 0.717) is 11.4 Å². The number of aryl methyl sites for hydroxylation is 1. The molecule has 2 N–H and O–H groups in total. The number of halogens is 1. The summed E-state index contributed by atoms with van der Waals surface area (Å²) in [6, 6.07) is 20.7. The van der Waals surface area contributed by atoms with E-state index >= 15 is 0 Å². The van der Waals surface area contributed by atoms with Crippen molar-refractivity contribution in [1.82, 2.24) is 10.2 Å². The maximum absolute atomic E-state index is 13.4. The fraction of sp³-hybridized carbons (Fsp3) is 0.231. The number of likely N-dealkylation sites (N-methyl/N-ethyl adjacent to an activating group) is 1. The smallest absolute Gasteiger partial charge is 0.243 e. The van der Waals surface area contributed by atoms with Crippen LogP contribution in [0, 0.1) is 12.7 Å². The van der Waals surface area contributed by atoms with E-state index in [1.54, 1.807) is 26.3 Å². The molecule has 0 aromatic heterocycles. The fourth-order valence-corrected chi connectivity index (χ4v) is 3.35. The third-order valence-corrected chi connectivity index (χ3v) is 5.25. The number of carbonyl (C=O) groups is 2. The lowest BCUT2D eigenvalue weighted by Crippen LogP contribution is -2.41. The molecule has 0 heterocycles. The van der Waals surface area contributed by atoms with E-state index in [1.807, 2.05) is 55.5 Å². The van der Waals surface area contributed by atoms with Gasteiger partial charge in [-0.2, -0.15) is 0 Å². The summed E-state index contributed by atoms with van der Waals surface area (Å²) in [7, 11) is 3.17. The lowest BCUT2D eigenvalue weighted by molar-refractivity contribution is -0.132. The van der Waals surface area contributed by atoms with Gasteiger partial charge in [0.2, 0.25) is 11.8 Å². The molecule has 0 spiro atoms. The number of carbonyl (C=O) groups excluding carboxylic acids is 2. The number of amides is 2. The zero-order chi connectivity index (χ0) is 23.8. The maximum Gasteiger partial charge on any atom is 0.243 e. The van der Waals surface area contributed by atoms with Crippen LogP contribution in [-0.2, 0) is 9.59 Å². The average molecular weight is 450 g/mol. The predicted octanol–water partition coefficient (Wildman–Crippen LogP) is 3.92. The lowest BCUT2D eigenvalue weighted by Gasteiger charge is -2.22. The Morgan fingerprint density at radius 2 is 1.52 bits per heavy atom. The highest BCUT2D eigenvalue weighted by molar-refractivity contribution is 5.94. The maximum atomic E-state index is 13.4. The van der Waals surface area contributed by atoms with Gasteiger partial charge in [0, 0.05) is 12.7 Å². The topological polar surface area (TPSA) is 70.7 Å². The first-order valence-corrected chi connectivity index (χ1v) is 10.6. The van der Waals surface area contributed by atoms with Crippen molar-refractivity contribution in [2.75, 3.05) is 32.6 Å². The van der Waals surface area contributed by atoms with E-state index in [2.05, 4.69) is 10.6 Å². The molecular weight excluding hydrogens is 421 g/mol. The minimum absolute atomic E-state index is 0.00237. The van der Waals surface area contributed by atoms with E-state index in [1.165, 1.54) is 17.0 Å². The Kier molecular flexibility index (Phi) is 8.16. The molecule has 0 aliphatic heterocycles. The first-order valence-electron chi connectivity index (χ1n) is 10.6. The minimum atomic E-state index is -0.338. The number of hydrogen-bond donors (Lipinski definition) is 2. The van der Waals surface area contributed by atoms with Gasteiger partial charge in [0.1, 0.15) is 11.6 Å². The van der Waals surface area contributed by atoms with Crippen LogP contribution >= 0.6 is 0 Å². The summed E-state index contributed by atoms with van der Waals surface area (Å²) in [4.78, 5) is 26.4. The van der Waals surface area contributed by atoms with Crippen molar-refractivity contribution in [3.8, 4) is 5.75 Å². The number of anilines is 1. The van der Waals surface area contributed by atoms with Crippen LogP contribution in [0.5, 0.6) is 5.75 Å². The number of benzene rings is 3. The van der Waals surface area contributed by atoms with Gasteiger partial charge in [-0.15, -0.1) is 0 Å². The van der Waals surface area contributed by atoms with Crippen molar-refractivity contribution in [3.05, 3.63) is 95.3 Å². The minimum Gasteiger partial charge on any atom is -0.497 e. The Labute approximate surface area is 193 Å². The third-order valence-electron chi connectivity index (χ3n) is 5.25. The number of methoxy groups -OCH3 is 1. The van der Waals surface area contributed by atoms with E-state index in [-0.39, 0.29) is 36.8 Å². The normalized spacial score (nSPS) is 11.5. The van der Waals surface area contributed by atoms with Crippen molar-refractivity contribution < 1.29 is 18.7 Å². The molecule has 0 aliphatic carbocycles. The first kappa shape index (κ1) is 23.9. The monoisotopic (exact) mass is 449 g/mol. The molecule has 33 heavy (non-hydrogen) atoms. The molecule has 0 aliphatic rings. The molecule has 0 saturated carbocycles. The molecule has 1 unspecified atom stereocenters. The van der Waals surface area contributed by atoms with Gasteiger partial charge in [0.15, 0.2) is 0 Å². The van der Waals surface area contributed by atoms with E-state index in [4.69, 9.17) is 4.74 Å². The van der Waals surface area contributed by atoms with Crippen molar-refractivity contribution in [3.63, 3.8) is 0 Å². The highest BCUT2D eigenvalue weighted by atomic mass is 19.1. The lowest BCUT2D eigenvalue weighted by atomic mass is 9.98. The van der Waals surface area contributed by atoms with E-state index in [0.717, 1.165) is 16.7 Å². The van der Waals surface area contributed by atoms with Gasteiger partial charge in [-0.1, -0.05) is 42.0 Å². The fourth-order valence-electron chi connectivity index (χ4n) is 3.35. The second-order valence-corrected chi connectivity index (χ2v) is 7.80. The Morgan fingerprint density at radius 3 is 2.09 bits per heavy atom. The number of ether oxygens (including phenoxy) is 1. The van der Waals surface area contributed by atoms with Crippen LogP contribution in [0.3, 0.4) is 0 Å². The third kappa shape index (κ3) is 6.89. The first-order chi connectivity index (χ1) is 15.9. The quantitative estimate of drug-likeness (QED) is 0.520. The number of hydrogen-bond acceptors (Lipinski definition) is 4. The van der Waals surface area contributed by atoms with Crippen molar-refractivity contribution in [1.29, 1.82) is 0 Å². The van der Waals surface area contributed by atoms with Crippen LogP contribution in [0.1, 0.15) is 22.7 Å². The summed E-state index contributed by atoms with van der Waals surface area (Å²) in [6.45, 7) is 1.90. The standard InChI is InChI=1S/C26H28FN3O3/c1-18-4-12-22(13-5-18)29-24(31)17-30(2)25(32)16-28-26(19-6-10-21(27)11-7-19)20-8-14-23(33-3)15-9-20/h4-15,26,28H,16-17H2,1-3H3,(H,29,31). The van der Waals surface area contributed by atoms with Crippen LogP contribution in [0.2, 0.25) is 0 Å². The molecule has 6 nitrogen and oxygen atoms in total. The number of rotatable bonds is 9. The molecule has 3 rings (SSSR count). The molecule has 2 amide bonds. The zero-order valence-corrected chi connectivity index (χ0v) is 19.0. The predicted molar refractivity (Wildman–Crippen MR) is 127 cm³/mol. The van der Waals surface area contributed by atoms with Gasteiger partial charge in [-0.25, -0.2) is 4.39 Å². The van der Waals surface area contributed by atoms with Crippen molar-refractivity contribution in [2.45, 2.75) is 13.0 Å². The highest BCUT2D eigenvalue weighted by Crippen LogP contribution is 2.24. The Balaban J connectivity index is 1.63. The summed E-state index contributed by atoms with van der Waals surface area (Å²) < 4.78 is 18.6. The zero-order valence-electron chi connectivity index (χ0n) is 19.0. The molecule has 3 aromatic rings. The number of nitrogens with zero attached hydrogens (tertiary/aromatic N) is 1. The Hall–Kier alpha value is -3.71. The molecule has 3 aromatic carbocycles. The largest absolute Gasteiger partial charge is 0.497 e. The van der Waals surface area contributed by atoms with Gasteiger partial charge in [0.25, 0.3) is 0 Å². The molecule has 0 saturated heterocycles. The van der Waals surface area contributed by atoms with Crippen LogP contribution in [0.15, 0.2) is 72.8 Å². The molecule has 1 atom stereocenters. The number of nitrogens with one attached hydrogen (secondary N) is 2. The van der Waals surface area contributed by atoms with Crippen molar-refractivity contribution >= 4 is 17.5 Å². The van der Waals surface area contributed by atoms with Crippen LogP contribution in [-0.4, -0.2) is 44.0 Å². The molecule has 0 radical (unpaired) electrons. The van der Waals surface area contributed by atoms with Crippen LogP contribution in [0.4, 0.5) is 10.1 Å². The van der Waals surface area contributed by atoms with Gasteiger partial charge in [0.05, 0.1) is 26.2 Å². The van der Waals surface area contributed by atoms with Gasteiger partial charge >= 0.3 is 0 Å². The summed E-state index contributed by atoms with van der Waals surface area (Å²) >= 11 is 0. The Morgan fingerprint density at radius 1 is 0.939 bits per heavy atom. The molecule has 7 heteroatoms. The molecule has 172 valence electrons. The molecule has 0 bridgehead atoms. The second kappa shape index (κ2) is 11.2. The average Bonchev–Trinajstić information content (AvgIpc) is 2.82. The van der Waals surface area contributed by atoms with Crippen molar-refractivity contribution in [2.24, 2.45) is 0 Å². The SMILES string of the molecule is COc1ccc(C(NCC(=O)N(C)CC(=O)Nc2ccc(C)cc2)c2ccc(F)cc2)cc1. The van der Waals surface area contributed by atoms with E-state index in [9.17, 15) is 14.0 Å². The van der Waals surface area contributed by atoms with E-state index < -0.39 is 0 Å². The van der Waals surface area contributed by atoms with Crippen LogP contribution < -0.4 is 15.4 Å². The summed E-state index contributed by atoms with van der Waals surface area (Å²) in [5.41, 5.74) is 3.49. The van der Waals surface area contributed by atoms with Gasteiger partial charge < -0.3 is 15.0 Å². The van der Waals surface area contributed by atoms with Gasteiger partial charge in [-0.3, -0.25) is 14.9 Å². The Bertz CT molecular complexity index is 1070. The summed E-state index contributed by atoms with van der Waals surface area (Å²) in [5, 5.41) is 6.02. The second-order valence-electron chi connectivity index (χ2n) is 7.80. The molecule has 0 fully saturated rings. The summed E-state index contributed by atoms with van der Waals surface area (Å²) in [5.74, 6) is -0.135. The molecular formula is C26H28FN3O3. The highest BCUT2D eigenvalue weighted by Gasteiger charge is 2.18. The summed E-state index contributed by atoms with van der Waals surface area (Å²) in [6.07, 6.45) is 0. The van der Waals surface area contributed by atoms with Crippen LogP contribution in [0.25, 0.3) is 0 Å².